The lowest BCUT2D eigenvalue weighted by Gasteiger charge is -2.21. The Morgan fingerprint density at radius 2 is 1.21 bits per heavy atom. The summed E-state index contributed by atoms with van der Waals surface area (Å²) in [5, 5.41) is 4.86. The van der Waals surface area contributed by atoms with Crippen molar-refractivity contribution in [2.75, 3.05) is 0 Å². The van der Waals surface area contributed by atoms with E-state index < -0.39 is 0 Å². The fraction of sp³-hybridized carbons (Fsp3) is 0.0714. The molecule has 0 saturated carbocycles. The smallest absolute Gasteiger partial charge is 0.238 e. The minimum absolute atomic E-state index is 0.127. The Kier molecular flexibility index (Phi) is 5.47. The van der Waals surface area contributed by atoms with Crippen molar-refractivity contribution in [2.45, 2.75) is 19.3 Å². The van der Waals surface area contributed by atoms with Crippen molar-refractivity contribution in [3.63, 3.8) is 0 Å². The monoisotopic (exact) mass is 620 g/mol. The lowest BCUT2D eigenvalue weighted by atomic mass is 9.82. The zero-order chi connectivity index (χ0) is 31.3. The van der Waals surface area contributed by atoms with Gasteiger partial charge in [0, 0.05) is 47.5 Å². The molecular weight excluding hydrogens is 593 g/mol. The Morgan fingerprint density at radius 1 is 0.511 bits per heavy atom. The van der Waals surface area contributed by atoms with E-state index in [9.17, 15) is 0 Å². The van der Waals surface area contributed by atoms with Crippen molar-refractivity contribution in [1.82, 2.24) is 19.5 Å². The van der Waals surface area contributed by atoms with Crippen LogP contribution in [0.5, 0.6) is 0 Å². The van der Waals surface area contributed by atoms with Gasteiger partial charge < -0.3 is 0 Å². The molecular formula is C42H28N4S. The van der Waals surface area contributed by atoms with Crippen LogP contribution in [-0.4, -0.2) is 19.5 Å². The largest absolute Gasteiger partial charge is 0.278 e. The average Bonchev–Trinajstić information content (AvgIpc) is 3.73. The Balaban J connectivity index is 1.29. The number of nitrogens with zero attached hydrogens (tertiary/aromatic N) is 4. The summed E-state index contributed by atoms with van der Waals surface area (Å²) >= 11 is 1.79. The second-order valence-electron chi connectivity index (χ2n) is 12.9. The highest BCUT2D eigenvalue weighted by Gasteiger charge is 2.36. The number of thiophene rings is 1. The molecule has 0 aliphatic heterocycles. The average molecular weight is 621 g/mol. The van der Waals surface area contributed by atoms with E-state index in [1.54, 1.807) is 11.3 Å². The molecule has 0 fully saturated rings. The second kappa shape index (κ2) is 9.68. The molecule has 0 radical (unpaired) electrons. The Labute approximate surface area is 275 Å². The molecule has 222 valence electrons. The van der Waals surface area contributed by atoms with Crippen molar-refractivity contribution < 1.29 is 0 Å². The molecule has 0 saturated heterocycles. The fourth-order valence-electron chi connectivity index (χ4n) is 7.60. The van der Waals surface area contributed by atoms with Crippen molar-refractivity contribution >= 4 is 53.3 Å². The summed E-state index contributed by atoms with van der Waals surface area (Å²) in [5.41, 5.74) is 9.33. The van der Waals surface area contributed by atoms with Gasteiger partial charge in [0.05, 0.1) is 11.0 Å². The van der Waals surface area contributed by atoms with Gasteiger partial charge in [-0.25, -0.2) is 4.98 Å². The van der Waals surface area contributed by atoms with E-state index in [0.29, 0.717) is 17.6 Å². The molecule has 3 heterocycles. The summed E-state index contributed by atoms with van der Waals surface area (Å²) in [6, 6.07) is 47.5. The van der Waals surface area contributed by atoms with Gasteiger partial charge in [-0.1, -0.05) is 117 Å². The lowest BCUT2D eigenvalue weighted by molar-refractivity contribution is 0.661. The van der Waals surface area contributed by atoms with E-state index in [-0.39, 0.29) is 5.41 Å². The standard InChI is InChI=1S/C42H28N4S/c1-42(2)33-20-9-6-15-26(33)31-23-32-27-16-7-10-21-35(27)46(36(32)24-34(31)42)41-44-39(25-13-4-3-5-14-25)43-40(45-41)30-19-12-18-29-28-17-8-11-22-37(28)47-38(29)30/h3-24H,1-2H3. The molecule has 0 atom stereocenters. The number of para-hydroxylation sites is 1. The van der Waals surface area contributed by atoms with Gasteiger partial charge in [-0.3, -0.25) is 4.57 Å². The molecule has 0 N–H and O–H groups in total. The molecule has 0 amide bonds. The van der Waals surface area contributed by atoms with Crippen LogP contribution in [0.1, 0.15) is 25.0 Å². The summed E-state index contributed by atoms with van der Waals surface area (Å²) in [6.07, 6.45) is 0. The number of benzene rings is 6. The summed E-state index contributed by atoms with van der Waals surface area (Å²) in [7, 11) is 0. The summed E-state index contributed by atoms with van der Waals surface area (Å²) in [4.78, 5) is 15.7. The van der Waals surface area contributed by atoms with Crippen molar-refractivity contribution in [2.24, 2.45) is 0 Å². The van der Waals surface area contributed by atoms with Crippen LogP contribution in [0.15, 0.2) is 133 Å². The van der Waals surface area contributed by atoms with Crippen molar-refractivity contribution in [3.05, 3.63) is 145 Å². The number of hydrogen-bond donors (Lipinski definition) is 0. The molecule has 0 spiro atoms. The van der Waals surface area contributed by atoms with E-state index in [4.69, 9.17) is 15.0 Å². The Bertz CT molecular complexity index is 2720. The number of rotatable bonds is 3. The highest BCUT2D eigenvalue weighted by Crippen LogP contribution is 2.51. The molecule has 4 nitrogen and oxygen atoms in total. The fourth-order valence-corrected chi connectivity index (χ4v) is 8.82. The van der Waals surface area contributed by atoms with Gasteiger partial charge in [-0.2, -0.15) is 9.97 Å². The maximum Gasteiger partial charge on any atom is 0.238 e. The lowest BCUT2D eigenvalue weighted by Crippen LogP contribution is -2.15. The maximum atomic E-state index is 5.31. The van der Waals surface area contributed by atoms with Crippen LogP contribution in [-0.2, 0) is 5.41 Å². The van der Waals surface area contributed by atoms with Crippen LogP contribution in [0.25, 0.3) is 81.8 Å². The second-order valence-corrected chi connectivity index (χ2v) is 13.9. The number of fused-ring (bicyclic) bond motifs is 9. The van der Waals surface area contributed by atoms with Gasteiger partial charge in [0.25, 0.3) is 0 Å². The summed E-state index contributed by atoms with van der Waals surface area (Å²) in [5.74, 6) is 1.95. The van der Waals surface area contributed by atoms with E-state index in [1.165, 1.54) is 53.2 Å². The van der Waals surface area contributed by atoms with Crippen LogP contribution < -0.4 is 0 Å². The highest BCUT2D eigenvalue weighted by molar-refractivity contribution is 7.26. The van der Waals surface area contributed by atoms with Gasteiger partial charge in [-0.15, -0.1) is 11.3 Å². The third-order valence-electron chi connectivity index (χ3n) is 9.88. The van der Waals surface area contributed by atoms with Crippen LogP contribution in [0.4, 0.5) is 0 Å². The third kappa shape index (κ3) is 3.78. The first-order valence-electron chi connectivity index (χ1n) is 16.0. The van der Waals surface area contributed by atoms with Crippen molar-refractivity contribution in [3.8, 4) is 39.9 Å². The first-order valence-corrected chi connectivity index (χ1v) is 16.8. The molecule has 1 aliphatic rings. The summed E-state index contributed by atoms with van der Waals surface area (Å²) < 4.78 is 4.68. The Hall–Kier alpha value is -5.65. The van der Waals surface area contributed by atoms with Crippen LogP contribution in [0.2, 0.25) is 0 Å². The molecule has 0 bridgehead atoms. The molecule has 3 aromatic heterocycles. The number of aromatic nitrogens is 4. The Morgan fingerprint density at radius 3 is 2.11 bits per heavy atom. The zero-order valence-electron chi connectivity index (χ0n) is 25.9. The van der Waals surface area contributed by atoms with E-state index in [1.807, 2.05) is 18.2 Å². The topological polar surface area (TPSA) is 43.6 Å². The minimum Gasteiger partial charge on any atom is -0.278 e. The van der Waals surface area contributed by atoms with Crippen molar-refractivity contribution in [1.29, 1.82) is 0 Å². The summed E-state index contributed by atoms with van der Waals surface area (Å²) in [6.45, 7) is 4.66. The maximum absolute atomic E-state index is 5.31. The van der Waals surface area contributed by atoms with Gasteiger partial charge in [0.1, 0.15) is 0 Å². The molecule has 0 unspecified atom stereocenters. The number of hydrogen-bond acceptors (Lipinski definition) is 4. The van der Waals surface area contributed by atoms with Crippen LogP contribution >= 0.6 is 11.3 Å². The van der Waals surface area contributed by atoms with Crippen LogP contribution in [0.3, 0.4) is 0 Å². The van der Waals surface area contributed by atoms with Gasteiger partial charge in [0.15, 0.2) is 11.6 Å². The first kappa shape index (κ1) is 26.6. The van der Waals surface area contributed by atoms with Crippen LogP contribution in [0, 0.1) is 0 Å². The zero-order valence-corrected chi connectivity index (χ0v) is 26.7. The van der Waals surface area contributed by atoms with Gasteiger partial charge in [-0.05, 0) is 52.6 Å². The molecule has 6 aromatic carbocycles. The highest BCUT2D eigenvalue weighted by atomic mass is 32.1. The molecule has 47 heavy (non-hydrogen) atoms. The quantitative estimate of drug-likeness (QED) is 0.197. The first-order chi connectivity index (χ1) is 23.1. The van der Waals surface area contributed by atoms with Gasteiger partial charge >= 0.3 is 0 Å². The van der Waals surface area contributed by atoms with E-state index in [2.05, 4.69) is 134 Å². The molecule has 9 aromatic rings. The molecule has 10 rings (SSSR count). The van der Waals surface area contributed by atoms with E-state index >= 15 is 0 Å². The van der Waals surface area contributed by atoms with Gasteiger partial charge in [0.2, 0.25) is 5.95 Å². The normalized spacial score (nSPS) is 13.5. The predicted molar refractivity (Wildman–Crippen MR) is 195 cm³/mol. The SMILES string of the molecule is CC1(C)c2ccccc2-c2cc3c4ccccc4n(-c4nc(-c5ccccc5)nc(-c5cccc6c5sc5ccccc56)n4)c3cc21. The third-order valence-corrected chi connectivity index (χ3v) is 11.1. The minimum atomic E-state index is -0.127. The predicted octanol–water partition coefficient (Wildman–Crippen LogP) is 11.0. The molecule has 1 aliphatic carbocycles. The molecule has 5 heteroatoms. The van der Waals surface area contributed by atoms with E-state index in [0.717, 1.165) is 22.2 Å².